The van der Waals surface area contributed by atoms with Crippen LogP contribution in [0.5, 0.6) is 0 Å². The molecule has 0 bridgehead atoms. The maximum atomic E-state index is 12.6. The molecule has 19 heavy (non-hydrogen) atoms. The maximum absolute atomic E-state index is 12.6. The first-order valence-corrected chi connectivity index (χ1v) is 7.37. The van der Waals surface area contributed by atoms with E-state index in [4.69, 9.17) is 0 Å². The van der Waals surface area contributed by atoms with Gasteiger partial charge in [0.1, 0.15) is 5.54 Å². The number of nitrogens with one attached hydrogen (secondary N) is 1. The van der Waals surface area contributed by atoms with Gasteiger partial charge in [-0.2, -0.15) is 0 Å². The van der Waals surface area contributed by atoms with Gasteiger partial charge < -0.3 is 15.3 Å². The summed E-state index contributed by atoms with van der Waals surface area (Å²) in [6, 6.07) is 0. The van der Waals surface area contributed by atoms with Gasteiger partial charge in [-0.15, -0.1) is 0 Å². The number of amides is 1. The Balaban J connectivity index is 2.16. The number of rotatable bonds is 4. The number of likely N-dealkylation sites (tertiary alicyclic amines) is 1. The Kier molecular flexibility index (Phi) is 4.45. The predicted octanol–water partition coefficient (Wildman–Crippen LogP) is 1.23. The third kappa shape index (κ3) is 2.61. The summed E-state index contributed by atoms with van der Waals surface area (Å²) in [4.78, 5) is 26.0. The Hall–Kier alpha value is -1.10. The van der Waals surface area contributed by atoms with Gasteiger partial charge in [-0.05, 0) is 45.2 Å². The molecule has 108 valence electrons. The largest absolute Gasteiger partial charge is 0.479 e. The van der Waals surface area contributed by atoms with E-state index < -0.39 is 11.5 Å². The van der Waals surface area contributed by atoms with Crippen LogP contribution in [0, 0.1) is 5.92 Å². The third-order valence-corrected chi connectivity index (χ3v) is 4.50. The van der Waals surface area contributed by atoms with Crippen LogP contribution in [0.25, 0.3) is 0 Å². The highest BCUT2D eigenvalue weighted by Gasteiger charge is 2.50. The smallest absolute Gasteiger partial charge is 0.329 e. The van der Waals surface area contributed by atoms with E-state index in [9.17, 15) is 14.7 Å². The van der Waals surface area contributed by atoms with Gasteiger partial charge >= 0.3 is 5.97 Å². The van der Waals surface area contributed by atoms with Gasteiger partial charge in [0.25, 0.3) is 0 Å². The van der Waals surface area contributed by atoms with Crippen molar-refractivity contribution < 1.29 is 14.7 Å². The molecular weight excluding hydrogens is 244 g/mol. The first-order chi connectivity index (χ1) is 9.12. The standard InChI is InChI=1S/C14H24N2O3/c1-2-6-14(13(18)19)7-3-10-16(14)12(17)11-4-8-15-9-5-11/h11,15H,2-10H2,1H3,(H,18,19). The average Bonchev–Trinajstić information content (AvgIpc) is 2.84. The van der Waals surface area contributed by atoms with Gasteiger partial charge in [-0.1, -0.05) is 13.3 Å². The summed E-state index contributed by atoms with van der Waals surface area (Å²) in [7, 11) is 0. The van der Waals surface area contributed by atoms with E-state index in [1.807, 2.05) is 6.92 Å². The zero-order valence-electron chi connectivity index (χ0n) is 11.7. The molecule has 0 aromatic heterocycles. The minimum atomic E-state index is -0.934. The molecule has 0 aromatic rings. The Bertz CT molecular complexity index is 353. The molecule has 2 N–H and O–H groups in total. The van der Waals surface area contributed by atoms with Crippen LogP contribution in [0.15, 0.2) is 0 Å². The van der Waals surface area contributed by atoms with Crippen LogP contribution < -0.4 is 5.32 Å². The molecule has 0 aromatic carbocycles. The molecule has 2 fully saturated rings. The molecule has 5 heteroatoms. The lowest BCUT2D eigenvalue weighted by atomic mass is 9.88. The van der Waals surface area contributed by atoms with E-state index >= 15 is 0 Å². The first-order valence-electron chi connectivity index (χ1n) is 7.37. The fraction of sp³-hybridized carbons (Fsp3) is 0.857. The van der Waals surface area contributed by atoms with Gasteiger partial charge in [0.05, 0.1) is 0 Å². The van der Waals surface area contributed by atoms with Gasteiger partial charge in [-0.25, -0.2) is 4.79 Å². The van der Waals surface area contributed by atoms with Gasteiger partial charge in [0, 0.05) is 12.5 Å². The molecule has 2 aliphatic rings. The number of carboxylic acids is 1. The number of piperidine rings is 1. The fourth-order valence-electron chi connectivity index (χ4n) is 3.49. The second-order valence-electron chi connectivity index (χ2n) is 5.70. The van der Waals surface area contributed by atoms with Gasteiger partial charge in [0.15, 0.2) is 0 Å². The van der Waals surface area contributed by atoms with E-state index in [1.165, 1.54) is 0 Å². The van der Waals surface area contributed by atoms with Crippen molar-refractivity contribution >= 4 is 11.9 Å². The minimum Gasteiger partial charge on any atom is -0.479 e. The Morgan fingerprint density at radius 2 is 2.05 bits per heavy atom. The van der Waals surface area contributed by atoms with Crippen LogP contribution in [0.1, 0.15) is 45.4 Å². The molecule has 0 saturated carbocycles. The van der Waals surface area contributed by atoms with Crippen LogP contribution in [-0.2, 0) is 9.59 Å². The zero-order valence-corrected chi connectivity index (χ0v) is 11.7. The summed E-state index contributed by atoms with van der Waals surface area (Å²) in [5, 5.41) is 12.8. The van der Waals surface area contributed by atoms with Crippen LogP contribution in [0.2, 0.25) is 0 Å². The van der Waals surface area contributed by atoms with E-state index in [1.54, 1.807) is 4.90 Å². The molecule has 0 radical (unpaired) electrons. The quantitative estimate of drug-likeness (QED) is 0.804. The number of carbonyl (C=O) groups is 2. The van der Waals surface area contributed by atoms with E-state index in [0.717, 1.165) is 38.8 Å². The number of aliphatic carboxylic acids is 1. The number of carbonyl (C=O) groups excluding carboxylic acids is 1. The number of carboxylic acid groups (broad SMARTS) is 1. The summed E-state index contributed by atoms with van der Waals surface area (Å²) in [5.74, 6) is -0.751. The Morgan fingerprint density at radius 1 is 1.37 bits per heavy atom. The zero-order chi connectivity index (χ0) is 13.9. The molecule has 1 atom stereocenters. The highest BCUT2D eigenvalue weighted by atomic mass is 16.4. The first kappa shape index (κ1) is 14.3. The molecule has 2 saturated heterocycles. The molecular formula is C14H24N2O3. The van der Waals surface area contributed by atoms with Gasteiger partial charge in [-0.3, -0.25) is 4.79 Å². The lowest BCUT2D eigenvalue weighted by molar-refractivity contribution is -0.159. The van der Waals surface area contributed by atoms with Crippen molar-refractivity contribution in [2.75, 3.05) is 19.6 Å². The van der Waals surface area contributed by atoms with Crippen LogP contribution in [0.4, 0.5) is 0 Å². The van der Waals surface area contributed by atoms with Crippen molar-refractivity contribution in [3.05, 3.63) is 0 Å². The lowest BCUT2D eigenvalue weighted by Crippen LogP contribution is -2.55. The normalized spacial score (nSPS) is 28.6. The molecule has 0 aliphatic carbocycles. The van der Waals surface area contributed by atoms with Crippen molar-refractivity contribution in [3.8, 4) is 0 Å². The summed E-state index contributed by atoms with van der Waals surface area (Å²) < 4.78 is 0. The lowest BCUT2D eigenvalue weighted by Gasteiger charge is -2.37. The van der Waals surface area contributed by atoms with E-state index in [0.29, 0.717) is 19.4 Å². The van der Waals surface area contributed by atoms with Crippen molar-refractivity contribution in [2.45, 2.75) is 51.0 Å². The summed E-state index contributed by atoms with van der Waals surface area (Å²) >= 11 is 0. The summed E-state index contributed by atoms with van der Waals surface area (Å²) in [6.07, 6.45) is 4.44. The number of hydrogen-bond donors (Lipinski definition) is 2. The molecule has 1 unspecified atom stereocenters. The molecule has 2 rings (SSSR count). The second-order valence-corrected chi connectivity index (χ2v) is 5.70. The van der Waals surface area contributed by atoms with E-state index in [2.05, 4.69) is 5.32 Å². The molecule has 2 aliphatic heterocycles. The van der Waals surface area contributed by atoms with Crippen LogP contribution >= 0.6 is 0 Å². The monoisotopic (exact) mass is 268 g/mol. The Morgan fingerprint density at radius 3 is 2.63 bits per heavy atom. The average molecular weight is 268 g/mol. The highest BCUT2D eigenvalue weighted by Crippen LogP contribution is 2.36. The van der Waals surface area contributed by atoms with E-state index in [-0.39, 0.29) is 11.8 Å². The fourth-order valence-corrected chi connectivity index (χ4v) is 3.49. The van der Waals surface area contributed by atoms with Gasteiger partial charge in [0.2, 0.25) is 5.91 Å². The third-order valence-electron chi connectivity index (χ3n) is 4.50. The summed E-state index contributed by atoms with van der Waals surface area (Å²) in [6.45, 7) is 4.31. The molecule has 2 heterocycles. The molecule has 1 amide bonds. The van der Waals surface area contributed by atoms with Crippen molar-refractivity contribution in [1.82, 2.24) is 10.2 Å². The number of hydrogen-bond acceptors (Lipinski definition) is 3. The minimum absolute atomic E-state index is 0.00920. The number of nitrogens with zero attached hydrogens (tertiary/aromatic N) is 1. The van der Waals surface area contributed by atoms with Crippen molar-refractivity contribution in [3.63, 3.8) is 0 Å². The molecule has 0 spiro atoms. The highest BCUT2D eigenvalue weighted by molar-refractivity contribution is 5.89. The topological polar surface area (TPSA) is 69.6 Å². The second kappa shape index (κ2) is 5.90. The van der Waals surface area contributed by atoms with Crippen LogP contribution in [0.3, 0.4) is 0 Å². The predicted molar refractivity (Wildman–Crippen MR) is 71.8 cm³/mol. The SMILES string of the molecule is CCCC1(C(=O)O)CCCN1C(=O)C1CCNCC1. The summed E-state index contributed by atoms with van der Waals surface area (Å²) in [5.41, 5.74) is -0.934. The van der Waals surface area contributed by atoms with Crippen LogP contribution in [-0.4, -0.2) is 47.1 Å². The maximum Gasteiger partial charge on any atom is 0.329 e. The van der Waals surface area contributed by atoms with Crippen molar-refractivity contribution in [2.24, 2.45) is 5.92 Å². The van der Waals surface area contributed by atoms with Crippen molar-refractivity contribution in [1.29, 1.82) is 0 Å². The molecule has 5 nitrogen and oxygen atoms in total. The Labute approximate surface area is 114 Å².